The van der Waals surface area contributed by atoms with Gasteiger partial charge in [0.1, 0.15) is 12.2 Å². The van der Waals surface area contributed by atoms with E-state index in [-0.39, 0.29) is 22.3 Å². The van der Waals surface area contributed by atoms with Gasteiger partial charge in [0.05, 0.1) is 4.92 Å². The summed E-state index contributed by atoms with van der Waals surface area (Å²) in [6.45, 7) is 1.18. The normalized spacial score (nSPS) is 14.1. The van der Waals surface area contributed by atoms with Crippen LogP contribution < -0.4 is 5.32 Å². The summed E-state index contributed by atoms with van der Waals surface area (Å²) in [4.78, 5) is 20.8. The van der Waals surface area contributed by atoms with Crippen LogP contribution in [0.5, 0.6) is 0 Å². The molecule has 0 radical (unpaired) electrons. The van der Waals surface area contributed by atoms with Crippen LogP contribution in [0.4, 0.5) is 5.00 Å². The van der Waals surface area contributed by atoms with E-state index in [2.05, 4.69) is 5.32 Å². The Morgan fingerprint density at radius 3 is 2.71 bits per heavy atom. The monoisotopic (exact) mass is 260 g/mol. The Balaban J connectivity index is 2.64. The van der Waals surface area contributed by atoms with E-state index in [1.165, 1.54) is 19.1 Å². The highest BCUT2D eigenvalue weighted by Gasteiger charge is 2.22. The minimum atomic E-state index is -1.25. The fourth-order valence-corrected chi connectivity index (χ4v) is 2.01. The van der Waals surface area contributed by atoms with Crippen LogP contribution in [0.2, 0.25) is 0 Å². The van der Waals surface area contributed by atoms with Crippen molar-refractivity contribution >= 4 is 22.2 Å². The number of nitrogens with one attached hydrogen (secondary N) is 1. The average Bonchev–Trinajstić information content (AvgIpc) is 2.73. The molecule has 0 bridgehead atoms. The zero-order valence-electron chi connectivity index (χ0n) is 8.99. The van der Waals surface area contributed by atoms with Gasteiger partial charge in [-0.3, -0.25) is 14.9 Å². The summed E-state index contributed by atoms with van der Waals surface area (Å²) in [6.07, 6.45) is -2.45. The van der Waals surface area contributed by atoms with E-state index >= 15 is 0 Å². The first kappa shape index (κ1) is 13.6. The average molecular weight is 260 g/mol. The molecule has 0 saturated carbocycles. The molecule has 0 aliphatic rings. The van der Waals surface area contributed by atoms with Gasteiger partial charge in [-0.25, -0.2) is 0 Å². The molecule has 1 amide bonds. The molecular formula is C9H12N2O5S. The topological polar surface area (TPSA) is 113 Å². The lowest BCUT2D eigenvalue weighted by atomic mass is 10.1. The second-order valence-electron chi connectivity index (χ2n) is 3.38. The number of thiophene rings is 1. The van der Waals surface area contributed by atoms with Gasteiger partial charge >= 0.3 is 5.00 Å². The van der Waals surface area contributed by atoms with Gasteiger partial charge in [-0.2, -0.15) is 0 Å². The summed E-state index contributed by atoms with van der Waals surface area (Å²) in [6, 6.07) is 2.64. The van der Waals surface area contributed by atoms with E-state index in [9.17, 15) is 25.1 Å². The molecule has 0 saturated heterocycles. The van der Waals surface area contributed by atoms with Crippen LogP contribution in [-0.4, -0.2) is 33.7 Å². The van der Waals surface area contributed by atoms with Crippen LogP contribution in [0.25, 0.3) is 0 Å². The maximum absolute atomic E-state index is 10.6. The van der Waals surface area contributed by atoms with Gasteiger partial charge in [0, 0.05) is 24.4 Å². The lowest BCUT2D eigenvalue weighted by molar-refractivity contribution is -0.380. The number of hydrogen-bond acceptors (Lipinski definition) is 6. The van der Waals surface area contributed by atoms with Crippen LogP contribution in [-0.2, 0) is 4.79 Å². The Morgan fingerprint density at radius 2 is 2.24 bits per heavy atom. The molecule has 1 aromatic rings. The molecule has 0 aliphatic carbocycles. The minimum Gasteiger partial charge on any atom is -0.388 e. The van der Waals surface area contributed by atoms with Gasteiger partial charge in [-0.1, -0.05) is 11.3 Å². The Hall–Kier alpha value is -1.51. The van der Waals surface area contributed by atoms with E-state index in [4.69, 9.17) is 0 Å². The highest BCUT2D eigenvalue weighted by molar-refractivity contribution is 7.15. The molecule has 2 unspecified atom stereocenters. The molecule has 2 atom stereocenters. The third-order valence-electron chi connectivity index (χ3n) is 2.01. The largest absolute Gasteiger partial charge is 0.388 e. The van der Waals surface area contributed by atoms with E-state index in [0.29, 0.717) is 0 Å². The van der Waals surface area contributed by atoms with Gasteiger partial charge in [0.25, 0.3) is 0 Å². The van der Waals surface area contributed by atoms with Gasteiger partial charge in [-0.15, -0.1) is 0 Å². The van der Waals surface area contributed by atoms with Crippen LogP contribution in [0.15, 0.2) is 12.1 Å². The van der Waals surface area contributed by atoms with Crippen molar-refractivity contribution in [3.8, 4) is 0 Å². The maximum atomic E-state index is 10.6. The van der Waals surface area contributed by atoms with Crippen molar-refractivity contribution in [2.45, 2.75) is 19.1 Å². The summed E-state index contributed by atoms with van der Waals surface area (Å²) in [7, 11) is 0. The van der Waals surface area contributed by atoms with Gasteiger partial charge < -0.3 is 15.5 Å². The fourth-order valence-electron chi connectivity index (χ4n) is 1.15. The first-order valence-electron chi connectivity index (χ1n) is 4.76. The smallest absolute Gasteiger partial charge is 0.324 e. The molecule has 17 heavy (non-hydrogen) atoms. The quantitative estimate of drug-likeness (QED) is 0.516. The first-order chi connectivity index (χ1) is 7.91. The van der Waals surface area contributed by atoms with Gasteiger partial charge in [0.2, 0.25) is 5.91 Å². The van der Waals surface area contributed by atoms with Crippen LogP contribution >= 0.6 is 11.3 Å². The van der Waals surface area contributed by atoms with Crippen LogP contribution in [0, 0.1) is 10.1 Å². The molecule has 0 spiro atoms. The molecule has 0 fully saturated rings. The fraction of sp³-hybridized carbons (Fsp3) is 0.444. The predicted molar refractivity (Wildman–Crippen MR) is 60.6 cm³/mol. The summed E-state index contributed by atoms with van der Waals surface area (Å²) in [5.41, 5.74) is 0. The summed E-state index contributed by atoms with van der Waals surface area (Å²) in [5.74, 6) is -0.326. The highest BCUT2D eigenvalue weighted by Crippen LogP contribution is 2.30. The summed E-state index contributed by atoms with van der Waals surface area (Å²) >= 11 is 0.790. The Labute approximate surface area is 101 Å². The van der Waals surface area contributed by atoms with Crippen molar-refractivity contribution in [2.24, 2.45) is 0 Å². The molecule has 3 N–H and O–H groups in total. The highest BCUT2D eigenvalue weighted by atomic mass is 32.1. The predicted octanol–water partition coefficient (Wildman–Crippen LogP) is 0.187. The number of aliphatic hydroxyl groups excluding tert-OH is 2. The molecule has 7 nitrogen and oxygen atoms in total. The lowest BCUT2D eigenvalue weighted by Gasteiger charge is -2.16. The van der Waals surface area contributed by atoms with E-state index in [0.717, 1.165) is 11.3 Å². The lowest BCUT2D eigenvalue weighted by Crippen LogP contribution is -2.33. The van der Waals surface area contributed by atoms with Crippen LogP contribution in [0.1, 0.15) is 17.9 Å². The SMILES string of the molecule is CC(=O)NCC(O)C(O)c1ccc([N+](=O)[O-])s1. The number of nitro groups is 1. The van der Waals surface area contributed by atoms with Crippen molar-refractivity contribution in [2.75, 3.05) is 6.54 Å². The number of amides is 1. The van der Waals surface area contributed by atoms with E-state index < -0.39 is 17.1 Å². The number of carbonyl (C=O) groups is 1. The summed E-state index contributed by atoms with van der Waals surface area (Å²) in [5, 5.41) is 31.9. The third-order valence-corrected chi connectivity index (χ3v) is 3.12. The number of aliphatic hydroxyl groups is 2. The van der Waals surface area contributed by atoms with E-state index in [1.807, 2.05) is 0 Å². The molecule has 0 aromatic carbocycles. The first-order valence-corrected chi connectivity index (χ1v) is 5.58. The standard InChI is InChI=1S/C9H12N2O5S/c1-5(12)10-4-6(13)9(14)7-2-3-8(17-7)11(15)16/h2-3,6,9,13-14H,4H2,1H3,(H,10,12). The zero-order valence-corrected chi connectivity index (χ0v) is 9.81. The zero-order chi connectivity index (χ0) is 13.0. The molecule has 1 rings (SSSR count). The number of hydrogen-bond donors (Lipinski definition) is 3. The van der Waals surface area contributed by atoms with Crippen molar-refractivity contribution < 1.29 is 19.9 Å². The minimum absolute atomic E-state index is 0.106. The second-order valence-corrected chi connectivity index (χ2v) is 4.48. The third kappa shape index (κ3) is 3.77. The molecule has 0 aliphatic heterocycles. The van der Waals surface area contributed by atoms with Gasteiger partial charge in [-0.05, 0) is 6.07 Å². The number of carbonyl (C=O) groups excluding carboxylic acids is 1. The Bertz CT molecular complexity index is 419. The second kappa shape index (κ2) is 5.71. The molecule has 1 aromatic heterocycles. The maximum Gasteiger partial charge on any atom is 0.324 e. The van der Waals surface area contributed by atoms with Gasteiger partial charge in [0.15, 0.2) is 0 Å². The van der Waals surface area contributed by atoms with Crippen molar-refractivity contribution in [3.05, 3.63) is 27.1 Å². The van der Waals surface area contributed by atoms with E-state index in [1.54, 1.807) is 0 Å². The van der Waals surface area contributed by atoms with Crippen molar-refractivity contribution in [1.82, 2.24) is 5.32 Å². The van der Waals surface area contributed by atoms with Crippen molar-refractivity contribution in [1.29, 1.82) is 0 Å². The van der Waals surface area contributed by atoms with Crippen LogP contribution in [0.3, 0.4) is 0 Å². The molecule has 94 valence electrons. The number of rotatable bonds is 5. The Kier molecular flexibility index (Phi) is 4.55. The summed E-state index contributed by atoms with van der Waals surface area (Å²) < 4.78 is 0. The molecule has 8 heteroatoms. The Morgan fingerprint density at radius 1 is 1.59 bits per heavy atom. The number of nitrogens with zero attached hydrogens (tertiary/aromatic N) is 1. The molecule has 1 heterocycles. The van der Waals surface area contributed by atoms with Crippen molar-refractivity contribution in [3.63, 3.8) is 0 Å². The molecular weight excluding hydrogens is 248 g/mol.